The van der Waals surface area contributed by atoms with E-state index in [1.807, 2.05) is 94.1 Å². The molecule has 2 N–H and O–H groups in total. The van der Waals surface area contributed by atoms with Crippen LogP contribution in [0.1, 0.15) is 24.1 Å². The van der Waals surface area contributed by atoms with Crippen molar-refractivity contribution in [1.82, 2.24) is 29.5 Å². The third kappa shape index (κ3) is 8.96. The Morgan fingerprint density at radius 3 is 1.97 bits per heavy atom. The molecule has 1 atom stereocenters. The fourth-order valence-corrected chi connectivity index (χ4v) is 7.73. The minimum Gasteiger partial charge on any atom is -0.461 e. The molecule has 0 radical (unpaired) electrons. The largest absolute Gasteiger partial charge is 0.461 e. The first-order valence-corrected chi connectivity index (χ1v) is 20.2. The number of carbonyl (C=O) groups excluding carboxylic acids is 2. The highest BCUT2D eigenvalue weighted by atomic mass is 32.2. The number of nitrogens with zero attached hydrogens (tertiary/aromatic N) is 6. The van der Waals surface area contributed by atoms with Gasteiger partial charge in [0.2, 0.25) is 23.5 Å². The first-order valence-electron chi connectivity index (χ1n) is 18.2. The lowest BCUT2D eigenvalue weighted by Crippen LogP contribution is -2.15. The van der Waals surface area contributed by atoms with Gasteiger partial charge in [-0.3, -0.25) is 18.7 Å². The number of rotatable bonds is 15. The molecule has 8 aromatic rings. The number of thioether (sulfide) groups is 2. The monoisotopic (exact) mass is 810 g/mol. The number of hydrogen-bond acceptors (Lipinski definition) is 10. The summed E-state index contributed by atoms with van der Waals surface area (Å²) in [4.78, 5) is 25.9. The quantitative estimate of drug-likeness (QED) is 0.0961. The van der Waals surface area contributed by atoms with Gasteiger partial charge in [0.25, 0.3) is 0 Å². The maximum absolute atomic E-state index is 13.6. The summed E-state index contributed by atoms with van der Waals surface area (Å²) in [6, 6.07) is 40.0. The van der Waals surface area contributed by atoms with Gasteiger partial charge in [0.15, 0.2) is 21.8 Å². The Bertz CT molecular complexity index is 2610. The number of benzene rings is 4. The van der Waals surface area contributed by atoms with Crippen LogP contribution in [0.5, 0.6) is 0 Å². The molecule has 8 rings (SSSR count). The fraction of sp³-hybridized carbons (Fsp3) is 0.116. The summed E-state index contributed by atoms with van der Waals surface area (Å²) < 4.78 is 29.3. The van der Waals surface area contributed by atoms with E-state index in [-0.39, 0.29) is 35.2 Å². The first-order chi connectivity index (χ1) is 28.4. The van der Waals surface area contributed by atoms with Gasteiger partial charge in [-0.15, -0.1) is 20.4 Å². The molecular weight excluding hydrogens is 776 g/mol. The number of para-hydroxylation sites is 1. The van der Waals surface area contributed by atoms with Crippen molar-refractivity contribution >= 4 is 46.7 Å². The second kappa shape index (κ2) is 17.6. The average Bonchev–Trinajstić information content (AvgIpc) is 4.09. The van der Waals surface area contributed by atoms with E-state index in [0.717, 1.165) is 22.4 Å². The topological polar surface area (TPSA) is 146 Å². The SMILES string of the molecule is CC(c1ccccc1)n1c(SCC(=O)Nc2ccccc2)nnc1-c1ccc(-c2ccc(NC(=O)CSc3nnc(-c4ccco4)n3Cc3ccc(F)cc3)cc2)o1. The molecule has 4 aromatic carbocycles. The van der Waals surface area contributed by atoms with E-state index in [9.17, 15) is 14.0 Å². The van der Waals surface area contributed by atoms with E-state index in [1.54, 1.807) is 42.7 Å². The minimum absolute atomic E-state index is 0.0725. The maximum atomic E-state index is 13.6. The number of carbonyl (C=O) groups is 2. The van der Waals surface area contributed by atoms with Crippen molar-refractivity contribution in [2.45, 2.75) is 29.8 Å². The number of amides is 2. The van der Waals surface area contributed by atoms with E-state index in [1.165, 1.54) is 35.7 Å². The van der Waals surface area contributed by atoms with Crippen LogP contribution in [0.2, 0.25) is 0 Å². The van der Waals surface area contributed by atoms with Crippen LogP contribution in [0.15, 0.2) is 159 Å². The van der Waals surface area contributed by atoms with Crippen molar-refractivity contribution in [1.29, 1.82) is 0 Å². The number of aromatic nitrogens is 6. The molecule has 4 aromatic heterocycles. The number of anilines is 2. The van der Waals surface area contributed by atoms with Crippen molar-refractivity contribution < 1.29 is 22.8 Å². The van der Waals surface area contributed by atoms with Crippen LogP contribution in [-0.2, 0) is 16.1 Å². The standard InChI is InChI=1S/C43H35FN8O4S2/c1-28(30-9-4-2-5-10-30)52-41(48-50-43(52)58-27-39(54)45-33-11-6-3-7-12-33)37-23-22-35(56-37)31-16-20-34(21-17-31)46-38(53)26-57-42-49-47-40(36-13-8-24-55-36)51(42)25-29-14-18-32(44)19-15-29/h2-24,28H,25-27H2,1H3,(H,45,54)(H,46,53). The molecule has 2 amide bonds. The lowest BCUT2D eigenvalue weighted by molar-refractivity contribution is -0.114. The van der Waals surface area contributed by atoms with Crippen LogP contribution in [-0.4, -0.2) is 52.8 Å². The Morgan fingerprint density at radius 1 is 0.655 bits per heavy atom. The summed E-state index contributed by atoms with van der Waals surface area (Å²) >= 11 is 2.54. The molecule has 0 saturated carbocycles. The zero-order valence-corrected chi connectivity index (χ0v) is 32.6. The van der Waals surface area contributed by atoms with Crippen LogP contribution >= 0.6 is 23.5 Å². The molecule has 15 heteroatoms. The van der Waals surface area contributed by atoms with Gasteiger partial charge in [0.1, 0.15) is 11.6 Å². The molecule has 58 heavy (non-hydrogen) atoms. The van der Waals surface area contributed by atoms with Crippen LogP contribution < -0.4 is 10.6 Å². The van der Waals surface area contributed by atoms with Crippen molar-refractivity contribution in [2.75, 3.05) is 22.1 Å². The van der Waals surface area contributed by atoms with E-state index < -0.39 is 0 Å². The molecule has 1 unspecified atom stereocenters. The Hall–Kier alpha value is -6.71. The fourth-order valence-electron chi connectivity index (χ4n) is 6.18. The average molecular weight is 811 g/mol. The van der Waals surface area contributed by atoms with Crippen LogP contribution in [0, 0.1) is 5.82 Å². The summed E-state index contributed by atoms with van der Waals surface area (Å²) in [6.45, 7) is 2.42. The van der Waals surface area contributed by atoms with Crippen molar-refractivity contribution in [2.24, 2.45) is 0 Å². The second-order valence-corrected chi connectivity index (χ2v) is 14.9. The number of nitrogens with one attached hydrogen (secondary N) is 2. The lowest BCUT2D eigenvalue weighted by atomic mass is 10.1. The molecule has 0 spiro atoms. The van der Waals surface area contributed by atoms with Crippen LogP contribution in [0.3, 0.4) is 0 Å². The number of furan rings is 2. The highest BCUT2D eigenvalue weighted by Gasteiger charge is 2.24. The highest BCUT2D eigenvalue weighted by molar-refractivity contribution is 8.00. The molecule has 0 aliphatic carbocycles. The smallest absolute Gasteiger partial charge is 0.234 e. The van der Waals surface area contributed by atoms with Crippen LogP contribution in [0.4, 0.5) is 15.8 Å². The summed E-state index contributed by atoms with van der Waals surface area (Å²) in [7, 11) is 0. The molecule has 290 valence electrons. The molecule has 0 bridgehead atoms. The molecule has 0 fully saturated rings. The summed E-state index contributed by atoms with van der Waals surface area (Å²) in [5.74, 6) is 2.19. The predicted molar refractivity (Wildman–Crippen MR) is 222 cm³/mol. The van der Waals surface area contributed by atoms with Gasteiger partial charge in [-0.1, -0.05) is 84.2 Å². The molecule has 0 saturated heterocycles. The summed E-state index contributed by atoms with van der Waals surface area (Å²) in [6.07, 6.45) is 1.55. The van der Waals surface area contributed by atoms with Gasteiger partial charge < -0.3 is 19.5 Å². The van der Waals surface area contributed by atoms with Crippen LogP contribution in [0.25, 0.3) is 34.5 Å². The zero-order chi connectivity index (χ0) is 39.8. The number of hydrogen-bond donors (Lipinski definition) is 2. The molecule has 12 nitrogen and oxygen atoms in total. The van der Waals surface area contributed by atoms with Gasteiger partial charge in [-0.05, 0) is 90.8 Å². The predicted octanol–water partition coefficient (Wildman–Crippen LogP) is 9.31. The Kier molecular flexibility index (Phi) is 11.6. The van der Waals surface area contributed by atoms with Crippen molar-refractivity contribution in [3.8, 4) is 34.5 Å². The normalized spacial score (nSPS) is 11.7. The molecular formula is C43H35FN8O4S2. The zero-order valence-electron chi connectivity index (χ0n) is 31.0. The van der Waals surface area contributed by atoms with E-state index in [0.29, 0.717) is 51.5 Å². The van der Waals surface area contributed by atoms with Gasteiger partial charge in [-0.2, -0.15) is 0 Å². The lowest BCUT2D eigenvalue weighted by Gasteiger charge is -2.18. The molecule has 4 heterocycles. The van der Waals surface area contributed by atoms with Crippen molar-refractivity contribution in [3.05, 3.63) is 157 Å². The maximum Gasteiger partial charge on any atom is 0.234 e. The summed E-state index contributed by atoms with van der Waals surface area (Å²) in [5.41, 5.74) is 4.03. The first kappa shape index (κ1) is 38.2. The van der Waals surface area contributed by atoms with E-state index in [4.69, 9.17) is 8.83 Å². The summed E-state index contributed by atoms with van der Waals surface area (Å²) in [5, 5.41) is 24.6. The molecule has 0 aliphatic rings. The van der Waals surface area contributed by atoms with E-state index >= 15 is 0 Å². The van der Waals surface area contributed by atoms with Crippen molar-refractivity contribution in [3.63, 3.8) is 0 Å². The Labute approximate surface area is 340 Å². The van der Waals surface area contributed by atoms with Gasteiger partial charge in [0.05, 0.1) is 30.4 Å². The molecule has 0 aliphatic heterocycles. The van der Waals surface area contributed by atoms with Gasteiger partial charge in [-0.25, -0.2) is 4.39 Å². The van der Waals surface area contributed by atoms with Gasteiger partial charge >= 0.3 is 0 Å². The second-order valence-electron chi connectivity index (χ2n) is 13.0. The Morgan fingerprint density at radius 2 is 1.28 bits per heavy atom. The third-order valence-electron chi connectivity index (χ3n) is 9.05. The Balaban J connectivity index is 0.938. The number of halogens is 1. The highest BCUT2D eigenvalue weighted by Crippen LogP contribution is 2.34. The minimum atomic E-state index is -0.325. The van der Waals surface area contributed by atoms with E-state index in [2.05, 4.69) is 38.0 Å². The third-order valence-corrected chi connectivity index (χ3v) is 11.0. The van der Waals surface area contributed by atoms with Gasteiger partial charge in [0, 0.05) is 16.9 Å².